The van der Waals surface area contributed by atoms with Gasteiger partial charge < -0.3 is 0 Å². The van der Waals surface area contributed by atoms with Crippen molar-refractivity contribution in [1.29, 1.82) is 0 Å². The molecule has 0 atom stereocenters. The Kier molecular flexibility index (Phi) is 3.10. The van der Waals surface area contributed by atoms with E-state index in [1.807, 2.05) is 0 Å². The lowest BCUT2D eigenvalue weighted by Gasteiger charge is -2.08. The molecule has 0 bridgehead atoms. The Labute approximate surface area is 55.4 Å². The zero-order valence-corrected chi connectivity index (χ0v) is 6.40. The van der Waals surface area contributed by atoms with E-state index in [0.717, 1.165) is 0 Å². The lowest BCUT2D eigenvalue weighted by Crippen LogP contribution is -3.13. The summed E-state index contributed by atoms with van der Waals surface area (Å²) < 4.78 is 29.2. The second-order valence-corrected chi connectivity index (χ2v) is 3.25. The molecule has 4 nitrogen and oxygen atoms in total. The highest BCUT2D eigenvalue weighted by atomic mass is 32.2. The molecular formula is C4H12NO3S+. The maximum Gasteiger partial charge on any atom is 0.431 e. The maximum absolute atomic E-state index is 10.3. The summed E-state index contributed by atoms with van der Waals surface area (Å²) in [6, 6.07) is 0. The molecular weight excluding hydrogens is 142 g/mol. The summed E-state index contributed by atoms with van der Waals surface area (Å²) >= 11 is 0. The van der Waals surface area contributed by atoms with Crippen molar-refractivity contribution in [1.82, 2.24) is 0 Å². The molecule has 2 N–H and O–H groups in total. The molecule has 5 heteroatoms. The summed E-state index contributed by atoms with van der Waals surface area (Å²) in [5, 5.41) is 0. The van der Waals surface area contributed by atoms with Crippen molar-refractivity contribution >= 4 is 10.3 Å². The van der Waals surface area contributed by atoms with Crippen LogP contribution in [0, 0.1) is 0 Å². The molecule has 0 amide bonds. The first-order chi connectivity index (χ1) is 4.02. The quantitative estimate of drug-likeness (QED) is 0.497. The first-order valence-electron chi connectivity index (χ1n) is 2.84. The molecule has 0 aromatic rings. The summed E-state index contributed by atoms with van der Waals surface area (Å²) in [7, 11) is -3.85. The predicted octanol–water partition coefficient (Wildman–Crippen LogP) is -1.29. The Morgan fingerprint density at radius 2 is 1.67 bits per heavy atom. The number of hydrogen-bond donors (Lipinski definition) is 2. The summed E-state index contributed by atoms with van der Waals surface area (Å²) in [6.45, 7) is 4.20. The van der Waals surface area contributed by atoms with Gasteiger partial charge in [-0.1, -0.05) is 0 Å². The van der Waals surface area contributed by atoms with E-state index in [4.69, 9.17) is 4.55 Å². The highest BCUT2D eigenvalue weighted by Gasteiger charge is 2.17. The molecule has 0 aliphatic heterocycles. The molecule has 0 unspecified atom stereocenters. The molecule has 56 valence electrons. The number of quaternary nitrogens is 1. The van der Waals surface area contributed by atoms with Crippen LogP contribution in [0.4, 0.5) is 0 Å². The zero-order chi connectivity index (χ0) is 7.49. The fourth-order valence-corrected chi connectivity index (χ4v) is 1.34. The van der Waals surface area contributed by atoms with E-state index in [1.165, 1.54) is 0 Å². The highest BCUT2D eigenvalue weighted by Crippen LogP contribution is 1.61. The Balaban J connectivity index is 4.14. The monoisotopic (exact) mass is 154 g/mol. The lowest BCUT2D eigenvalue weighted by molar-refractivity contribution is -0.767. The van der Waals surface area contributed by atoms with Gasteiger partial charge in [0.25, 0.3) is 0 Å². The second kappa shape index (κ2) is 3.14. The van der Waals surface area contributed by atoms with Crippen LogP contribution >= 0.6 is 0 Å². The van der Waals surface area contributed by atoms with Gasteiger partial charge in [0.2, 0.25) is 0 Å². The molecule has 0 aliphatic rings. The Morgan fingerprint density at radius 3 is 1.67 bits per heavy atom. The van der Waals surface area contributed by atoms with E-state index < -0.39 is 10.3 Å². The average Bonchev–Trinajstić information content (AvgIpc) is 1.65. The van der Waals surface area contributed by atoms with Gasteiger partial charge in [-0.15, -0.1) is 8.42 Å². The average molecular weight is 154 g/mol. The number of nitrogens with one attached hydrogen (secondary N) is 1. The van der Waals surface area contributed by atoms with Crippen LogP contribution in [0.25, 0.3) is 0 Å². The minimum atomic E-state index is -3.85. The van der Waals surface area contributed by atoms with Crippen molar-refractivity contribution in [2.45, 2.75) is 13.8 Å². The van der Waals surface area contributed by atoms with Gasteiger partial charge in [0, 0.05) is 0 Å². The number of rotatable bonds is 3. The summed E-state index contributed by atoms with van der Waals surface area (Å²) in [5.41, 5.74) is 0. The lowest BCUT2D eigenvalue weighted by atomic mass is 10.7. The molecule has 0 spiro atoms. The minimum Gasteiger partial charge on any atom is -0.241 e. The van der Waals surface area contributed by atoms with E-state index in [2.05, 4.69) is 0 Å². The maximum atomic E-state index is 10.3. The SMILES string of the molecule is CC[NH+](CC)S(=O)(=O)O. The van der Waals surface area contributed by atoms with Crippen LogP contribution in [-0.4, -0.2) is 26.1 Å². The Hall–Kier alpha value is -0.130. The van der Waals surface area contributed by atoms with Crippen molar-refractivity contribution in [2.24, 2.45) is 0 Å². The van der Waals surface area contributed by atoms with Crippen LogP contribution in [0.15, 0.2) is 0 Å². The molecule has 0 saturated heterocycles. The van der Waals surface area contributed by atoms with Gasteiger partial charge in [0.15, 0.2) is 0 Å². The summed E-state index contributed by atoms with van der Waals surface area (Å²) in [6.07, 6.45) is 0. The molecule has 0 fully saturated rings. The Bertz CT molecular complexity index is 159. The van der Waals surface area contributed by atoms with E-state index in [9.17, 15) is 8.42 Å². The molecule has 0 aromatic carbocycles. The van der Waals surface area contributed by atoms with Gasteiger partial charge in [0.05, 0.1) is 13.1 Å². The molecule has 0 heterocycles. The zero-order valence-electron chi connectivity index (χ0n) is 5.59. The molecule has 0 rings (SSSR count). The van der Waals surface area contributed by atoms with Gasteiger partial charge >= 0.3 is 10.3 Å². The standard InChI is InChI=1S/C4H11NO3S/c1-3-5(4-2)9(6,7)8/h3-4H2,1-2H3,(H,6,7,8)/p+1. The fourth-order valence-electron chi connectivity index (χ4n) is 0.615. The van der Waals surface area contributed by atoms with Gasteiger partial charge in [-0.3, -0.25) is 0 Å². The normalized spacial score (nSPS) is 12.4. The smallest absolute Gasteiger partial charge is 0.241 e. The van der Waals surface area contributed by atoms with E-state index in [0.29, 0.717) is 13.1 Å². The fraction of sp³-hybridized carbons (Fsp3) is 1.00. The molecule has 0 aromatic heterocycles. The second-order valence-electron chi connectivity index (χ2n) is 1.72. The van der Waals surface area contributed by atoms with Crippen molar-refractivity contribution < 1.29 is 17.3 Å². The van der Waals surface area contributed by atoms with Crippen LogP contribution in [0.2, 0.25) is 0 Å². The van der Waals surface area contributed by atoms with E-state index in [1.54, 1.807) is 13.8 Å². The van der Waals surface area contributed by atoms with Gasteiger partial charge in [0.1, 0.15) is 0 Å². The Morgan fingerprint density at radius 1 is 1.33 bits per heavy atom. The number of hydrogen-bond acceptors (Lipinski definition) is 2. The van der Waals surface area contributed by atoms with Gasteiger partial charge in [-0.25, -0.2) is 8.86 Å². The van der Waals surface area contributed by atoms with Crippen molar-refractivity contribution in [2.75, 3.05) is 13.1 Å². The topological polar surface area (TPSA) is 58.8 Å². The third kappa shape index (κ3) is 2.78. The van der Waals surface area contributed by atoms with Crippen LogP contribution in [-0.2, 0) is 10.3 Å². The summed E-state index contributed by atoms with van der Waals surface area (Å²) in [4.78, 5) is 0. The van der Waals surface area contributed by atoms with Crippen LogP contribution in [0.5, 0.6) is 0 Å². The van der Waals surface area contributed by atoms with Crippen LogP contribution in [0.1, 0.15) is 13.8 Å². The van der Waals surface area contributed by atoms with Crippen molar-refractivity contribution in [3.05, 3.63) is 0 Å². The largest absolute Gasteiger partial charge is 0.431 e. The van der Waals surface area contributed by atoms with Crippen LogP contribution in [0.3, 0.4) is 0 Å². The van der Waals surface area contributed by atoms with E-state index in [-0.39, 0.29) is 4.31 Å². The molecule has 9 heavy (non-hydrogen) atoms. The van der Waals surface area contributed by atoms with Gasteiger partial charge in [-0.05, 0) is 13.8 Å². The van der Waals surface area contributed by atoms with Gasteiger partial charge in [-0.2, -0.15) is 0 Å². The highest BCUT2D eigenvalue weighted by molar-refractivity contribution is 7.79. The van der Waals surface area contributed by atoms with Crippen molar-refractivity contribution in [3.8, 4) is 0 Å². The van der Waals surface area contributed by atoms with Crippen LogP contribution < -0.4 is 4.31 Å². The minimum absolute atomic E-state index is 0.197. The van der Waals surface area contributed by atoms with E-state index >= 15 is 0 Å². The first-order valence-corrected chi connectivity index (χ1v) is 4.28. The third-order valence-corrected chi connectivity index (χ3v) is 2.46. The molecule has 0 saturated carbocycles. The summed E-state index contributed by atoms with van der Waals surface area (Å²) in [5.74, 6) is 0. The third-order valence-electron chi connectivity index (χ3n) is 1.15. The first kappa shape index (κ1) is 8.87. The van der Waals surface area contributed by atoms with Crippen molar-refractivity contribution in [3.63, 3.8) is 0 Å². The molecule has 0 aliphatic carbocycles. The molecule has 0 radical (unpaired) electrons. The predicted molar refractivity (Wildman–Crippen MR) is 33.6 cm³/mol.